The quantitative estimate of drug-likeness (QED) is 0.210. The van der Waals surface area contributed by atoms with Gasteiger partial charge in [-0.2, -0.15) is 0 Å². The predicted octanol–water partition coefficient (Wildman–Crippen LogP) is -0.404. The summed E-state index contributed by atoms with van der Waals surface area (Å²) in [5, 5.41) is 35.5. The highest BCUT2D eigenvalue weighted by Crippen LogP contribution is 2.34. The Morgan fingerprint density at radius 2 is 1.39 bits per heavy atom. The maximum atomic E-state index is 11.8. The van der Waals surface area contributed by atoms with Crippen molar-refractivity contribution in [3.05, 3.63) is 18.2 Å². The molecule has 1 heterocycles. The summed E-state index contributed by atoms with van der Waals surface area (Å²) in [6.45, 7) is 8.62. The van der Waals surface area contributed by atoms with E-state index in [4.69, 9.17) is 49.1 Å². The Kier molecular flexibility index (Phi) is 14.0. The average molecular weight is 473 g/mol. The fourth-order valence-corrected chi connectivity index (χ4v) is 2.16. The number of fused-ring (bicyclic) bond motifs is 1. The molecule has 2 rings (SSSR count). The second-order valence-electron chi connectivity index (χ2n) is 6.04. The topological polar surface area (TPSA) is 212 Å². The lowest BCUT2D eigenvalue weighted by Crippen LogP contribution is -2.35. The molecule has 1 aromatic carbocycles. The van der Waals surface area contributed by atoms with E-state index in [0.29, 0.717) is 18.0 Å². The van der Waals surface area contributed by atoms with Gasteiger partial charge in [0.25, 0.3) is 0 Å². The molecule has 0 spiro atoms. The monoisotopic (exact) mass is 473 g/mol. The van der Waals surface area contributed by atoms with E-state index in [2.05, 4.69) is 29.4 Å². The van der Waals surface area contributed by atoms with Gasteiger partial charge < -0.3 is 45.4 Å². The van der Waals surface area contributed by atoms with Gasteiger partial charge in [0.1, 0.15) is 0 Å². The van der Waals surface area contributed by atoms with E-state index < -0.39 is 23.9 Å². The van der Waals surface area contributed by atoms with Gasteiger partial charge in [-0.1, -0.05) is 13.8 Å². The van der Waals surface area contributed by atoms with Crippen LogP contribution in [0.5, 0.6) is 11.5 Å². The normalized spacial score (nSPS) is 10.8. The molecule has 0 bridgehead atoms. The fourth-order valence-electron chi connectivity index (χ4n) is 2.16. The largest absolute Gasteiger partial charge is 0.473 e. The van der Waals surface area contributed by atoms with E-state index in [1.807, 2.05) is 0 Å². The van der Waals surface area contributed by atoms with Gasteiger partial charge in [-0.05, 0) is 25.2 Å². The van der Waals surface area contributed by atoms with Crippen LogP contribution in [-0.2, 0) is 24.0 Å². The van der Waals surface area contributed by atoms with E-state index in [9.17, 15) is 4.79 Å². The smallest absolute Gasteiger partial charge is 0.414 e. The Balaban J connectivity index is 0.000000705. The molecule has 0 atom stereocenters. The fraction of sp³-hybridized carbons (Fsp3) is 0.421. The number of nitrogens with zero attached hydrogens (tertiary/aromatic N) is 1. The summed E-state index contributed by atoms with van der Waals surface area (Å²) in [7, 11) is 0. The molecule has 1 aliphatic heterocycles. The van der Waals surface area contributed by atoms with Crippen molar-refractivity contribution < 1.29 is 53.9 Å². The van der Waals surface area contributed by atoms with E-state index in [0.717, 1.165) is 31.9 Å². The lowest BCUT2D eigenvalue weighted by Gasteiger charge is -2.17. The molecule has 1 aromatic rings. The van der Waals surface area contributed by atoms with Crippen molar-refractivity contribution >= 4 is 35.5 Å². The average Bonchev–Trinajstić information content (AvgIpc) is 3.22. The zero-order valence-corrected chi connectivity index (χ0v) is 18.1. The maximum absolute atomic E-state index is 11.8. The lowest BCUT2D eigenvalue weighted by atomic mass is 10.3. The van der Waals surface area contributed by atoms with Crippen LogP contribution in [0.4, 0.5) is 5.69 Å². The minimum Gasteiger partial charge on any atom is -0.473 e. The van der Waals surface area contributed by atoms with Crippen LogP contribution in [0.3, 0.4) is 0 Å². The van der Waals surface area contributed by atoms with Gasteiger partial charge in [0.15, 0.2) is 11.5 Å². The molecule has 0 saturated carbocycles. The molecule has 184 valence electrons. The van der Waals surface area contributed by atoms with Gasteiger partial charge in [0, 0.05) is 24.8 Å². The molecular formula is C19H27N3O11. The number of rotatable bonds is 8. The van der Waals surface area contributed by atoms with Crippen molar-refractivity contribution in [3.63, 3.8) is 0 Å². The summed E-state index contributed by atoms with van der Waals surface area (Å²) in [6, 6.07) is 5.38. The number of anilines is 1. The Morgan fingerprint density at radius 3 is 1.88 bits per heavy atom. The van der Waals surface area contributed by atoms with Crippen molar-refractivity contribution in [2.45, 2.75) is 13.8 Å². The molecule has 14 nitrogen and oxygen atoms in total. The lowest BCUT2D eigenvalue weighted by molar-refractivity contribution is -0.159. The van der Waals surface area contributed by atoms with Gasteiger partial charge in [-0.3, -0.25) is 4.79 Å². The maximum Gasteiger partial charge on any atom is 0.414 e. The van der Waals surface area contributed by atoms with Crippen LogP contribution in [0.25, 0.3) is 0 Å². The highest BCUT2D eigenvalue weighted by atomic mass is 16.7. The number of likely N-dealkylation sites (N-methyl/N-ethyl adjacent to an activating group) is 1. The van der Waals surface area contributed by atoms with E-state index >= 15 is 0 Å². The van der Waals surface area contributed by atoms with Crippen LogP contribution in [0.1, 0.15) is 13.8 Å². The number of aliphatic carboxylic acids is 4. The van der Waals surface area contributed by atoms with Gasteiger partial charge in [0.05, 0.1) is 6.54 Å². The molecule has 0 saturated heterocycles. The highest BCUT2D eigenvalue weighted by molar-refractivity contribution is 6.27. The SMILES string of the molecule is CCN(CC)CCNCC(=O)Nc1ccc2c(c1)OCO2.O=C(O)C(=O)O.O=C(O)C(=O)O. The second-order valence-corrected chi connectivity index (χ2v) is 6.04. The Labute approximate surface area is 188 Å². The van der Waals surface area contributed by atoms with Crippen molar-refractivity contribution in [2.24, 2.45) is 0 Å². The van der Waals surface area contributed by atoms with Crippen LogP contribution in [-0.4, -0.2) is 94.6 Å². The summed E-state index contributed by atoms with van der Waals surface area (Å²) >= 11 is 0. The first-order valence-corrected chi connectivity index (χ1v) is 9.56. The first-order valence-electron chi connectivity index (χ1n) is 9.56. The molecule has 6 N–H and O–H groups in total. The van der Waals surface area contributed by atoms with Crippen LogP contribution in [0, 0.1) is 0 Å². The number of carbonyl (C=O) groups is 5. The number of benzene rings is 1. The number of amides is 1. The summed E-state index contributed by atoms with van der Waals surface area (Å²) in [5.41, 5.74) is 0.717. The zero-order valence-electron chi connectivity index (χ0n) is 18.1. The van der Waals surface area contributed by atoms with E-state index in [1.54, 1.807) is 18.2 Å². The van der Waals surface area contributed by atoms with Gasteiger partial charge in [0.2, 0.25) is 12.7 Å². The highest BCUT2D eigenvalue weighted by Gasteiger charge is 2.14. The van der Waals surface area contributed by atoms with E-state index in [-0.39, 0.29) is 12.7 Å². The number of carboxylic acid groups (broad SMARTS) is 4. The molecule has 0 radical (unpaired) electrons. The number of hydrogen-bond acceptors (Lipinski definition) is 9. The summed E-state index contributed by atoms with van der Waals surface area (Å²) in [6.07, 6.45) is 0. The molecule has 33 heavy (non-hydrogen) atoms. The Hall–Kier alpha value is -3.91. The van der Waals surface area contributed by atoms with Crippen molar-refractivity contribution in [2.75, 3.05) is 44.8 Å². The minimum atomic E-state index is -1.82. The van der Waals surface area contributed by atoms with Crippen LogP contribution < -0.4 is 20.1 Å². The number of ether oxygens (including phenoxy) is 2. The Bertz CT molecular complexity index is 777. The van der Waals surface area contributed by atoms with Crippen LogP contribution in [0.15, 0.2) is 18.2 Å². The third-order valence-corrected chi connectivity index (χ3v) is 3.81. The van der Waals surface area contributed by atoms with Crippen molar-refractivity contribution in [3.8, 4) is 11.5 Å². The van der Waals surface area contributed by atoms with E-state index in [1.165, 1.54) is 0 Å². The molecule has 0 unspecified atom stereocenters. The molecule has 14 heteroatoms. The molecule has 0 aromatic heterocycles. The molecular weight excluding hydrogens is 446 g/mol. The first kappa shape index (κ1) is 29.1. The van der Waals surface area contributed by atoms with Crippen LogP contribution >= 0.6 is 0 Å². The molecule has 1 aliphatic rings. The summed E-state index contributed by atoms with van der Waals surface area (Å²) in [5.74, 6) is -5.98. The first-order chi connectivity index (χ1) is 15.5. The Morgan fingerprint density at radius 1 is 0.879 bits per heavy atom. The predicted molar refractivity (Wildman–Crippen MR) is 112 cm³/mol. The van der Waals surface area contributed by atoms with Gasteiger partial charge >= 0.3 is 23.9 Å². The summed E-state index contributed by atoms with van der Waals surface area (Å²) in [4.78, 5) is 50.5. The third-order valence-electron chi connectivity index (χ3n) is 3.81. The molecule has 0 aliphatic carbocycles. The zero-order chi connectivity index (χ0) is 25.4. The van der Waals surface area contributed by atoms with Gasteiger partial charge in [-0.15, -0.1) is 0 Å². The standard InChI is InChI=1S/C15H23N3O3.2C2H2O4/c1-3-18(4-2)8-7-16-10-15(19)17-12-5-6-13-14(9-12)21-11-20-13;2*3-1(4)2(5)6/h5-6,9,16H,3-4,7-8,10-11H2,1-2H3,(H,17,19);2*(H,3,4)(H,5,6). The van der Waals surface area contributed by atoms with Crippen LogP contribution in [0.2, 0.25) is 0 Å². The number of carbonyl (C=O) groups excluding carboxylic acids is 1. The number of carboxylic acids is 4. The van der Waals surface area contributed by atoms with Crippen molar-refractivity contribution in [1.29, 1.82) is 0 Å². The third kappa shape index (κ3) is 13.2. The molecule has 0 fully saturated rings. The van der Waals surface area contributed by atoms with Crippen molar-refractivity contribution in [1.82, 2.24) is 10.2 Å². The summed E-state index contributed by atoms with van der Waals surface area (Å²) < 4.78 is 10.5. The number of hydrogen-bond donors (Lipinski definition) is 6. The molecule has 1 amide bonds. The second kappa shape index (κ2) is 15.8. The van der Waals surface area contributed by atoms with Gasteiger partial charge in [-0.25, -0.2) is 19.2 Å². The minimum absolute atomic E-state index is 0.0617. The number of nitrogens with one attached hydrogen (secondary N) is 2.